The molecule has 1 aliphatic heterocycles. The van der Waals surface area contributed by atoms with Gasteiger partial charge in [0.2, 0.25) is 11.8 Å². The Labute approximate surface area is 162 Å². The van der Waals surface area contributed by atoms with E-state index in [-0.39, 0.29) is 30.9 Å². The number of nitrogens with one attached hydrogen (secondary N) is 1. The molecule has 146 valence electrons. The molecular formula is C20H23N5O3. The second-order valence-corrected chi connectivity index (χ2v) is 6.98. The van der Waals surface area contributed by atoms with E-state index in [0.717, 1.165) is 31.5 Å². The lowest BCUT2D eigenvalue weighted by atomic mass is 10.2. The zero-order chi connectivity index (χ0) is 20.1. The highest BCUT2D eigenvalue weighted by molar-refractivity contribution is 6.04. The predicted octanol–water partition coefficient (Wildman–Crippen LogP) is 1.82. The fourth-order valence-corrected chi connectivity index (χ4v) is 3.32. The van der Waals surface area contributed by atoms with E-state index in [2.05, 4.69) is 10.3 Å². The van der Waals surface area contributed by atoms with Crippen LogP contribution >= 0.6 is 0 Å². The zero-order valence-electron chi connectivity index (χ0n) is 15.9. The summed E-state index contributed by atoms with van der Waals surface area (Å²) < 4.78 is 1.73. The Morgan fingerprint density at radius 3 is 2.93 bits per heavy atom. The SMILES string of the molecule is CN(CCC#N)C(=O)CC(=O)Nc1ccc2nc3n(c(=O)c2c1)CCCCC3. The first kappa shape index (κ1) is 19.5. The van der Waals surface area contributed by atoms with Gasteiger partial charge in [-0.25, -0.2) is 4.98 Å². The summed E-state index contributed by atoms with van der Waals surface area (Å²) >= 11 is 0. The van der Waals surface area contributed by atoms with Crippen LogP contribution < -0.4 is 10.9 Å². The van der Waals surface area contributed by atoms with Crippen molar-refractivity contribution in [2.24, 2.45) is 0 Å². The number of anilines is 1. The molecule has 0 aliphatic carbocycles. The Bertz CT molecular complexity index is 1010. The van der Waals surface area contributed by atoms with Gasteiger partial charge in [-0.05, 0) is 31.0 Å². The summed E-state index contributed by atoms with van der Waals surface area (Å²) in [4.78, 5) is 43.0. The minimum atomic E-state index is -0.462. The third kappa shape index (κ3) is 4.36. The molecule has 28 heavy (non-hydrogen) atoms. The molecule has 0 fully saturated rings. The molecule has 2 aromatic rings. The first-order chi connectivity index (χ1) is 13.5. The molecule has 1 aromatic carbocycles. The second kappa shape index (κ2) is 8.65. The average Bonchev–Trinajstić information content (AvgIpc) is 2.92. The fraction of sp³-hybridized carbons (Fsp3) is 0.450. The van der Waals surface area contributed by atoms with Crippen molar-refractivity contribution in [1.29, 1.82) is 5.26 Å². The zero-order valence-corrected chi connectivity index (χ0v) is 15.9. The van der Waals surface area contributed by atoms with Gasteiger partial charge in [-0.15, -0.1) is 0 Å². The van der Waals surface area contributed by atoms with E-state index in [1.165, 1.54) is 4.90 Å². The van der Waals surface area contributed by atoms with E-state index in [4.69, 9.17) is 5.26 Å². The number of amides is 2. The van der Waals surface area contributed by atoms with E-state index in [1.807, 2.05) is 6.07 Å². The summed E-state index contributed by atoms with van der Waals surface area (Å²) in [6, 6.07) is 6.98. The van der Waals surface area contributed by atoms with Crippen molar-refractivity contribution in [3.63, 3.8) is 0 Å². The van der Waals surface area contributed by atoms with Gasteiger partial charge in [0.25, 0.3) is 5.56 Å². The lowest BCUT2D eigenvalue weighted by Crippen LogP contribution is -2.31. The van der Waals surface area contributed by atoms with Crippen molar-refractivity contribution in [2.75, 3.05) is 18.9 Å². The van der Waals surface area contributed by atoms with Gasteiger partial charge in [0, 0.05) is 32.2 Å². The van der Waals surface area contributed by atoms with Gasteiger partial charge in [-0.3, -0.25) is 19.0 Å². The highest BCUT2D eigenvalue weighted by Crippen LogP contribution is 2.18. The topological polar surface area (TPSA) is 108 Å². The van der Waals surface area contributed by atoms with E-state index in [9.17, 15) is 14.4 Å². The summed E-state index contributed by atoms with van der Waals surface area (Å²) in [7, 11) is 1.56. The maximum absolute atomic E-state index is 12.9. The van der Waals surface area contributed by atoms with Gasteiger partial charge in [0.15, 0.2) is 0 Å². The Kier molecular flexibility index (Phi) is 6.04. The number of rotatable bonds is 5. The van der Waals surface area contributed by atoms with Crippen LogP contribution in [0.4, 0.5) is 5.69 Å². The number of carbonyl (C=O) groups excluding carboxylic acids is 2. The van der Waals surface area contributed by atoms with Crippen LogP contribution in [-0.4, -0.2) is 39.9 Å². The Morgan fingerprint density at radius 2 is 2.14 bits per heavy atom. The van der Waals surface area contributed by atoms with Crippen molar-refractivity contribution in [3.05, 3.63) is 34.4 Å². The van der Waals surface area contributed by atoms with Crippen molar-refractivity contribution in [3.8, 4) is 6.07 Å². The minimum Gasteiger partial charge on any atom is -0.344 e. The molecule has 1 N–H and O–H groups in total. The molecule has 0 radical (unpaired) electrons. The lowest BCUT2D eigenvalue weighted by Gasteiger charge is -2.15. The van der Waals surface area contributed by atoms with Crippen molar-refractivity contribution < 1.29 is 9.59 Å². The molecule has 8 nitrogen and oxygen atoms in total. The molecule has 1 aromatic heterocycles. The molecule has 0 saturated heterocycles. The third-order valence-corrected chi connectivity index (χ3v) is 4.90. The van der Waals surface area contributed by atoms with Crippen LogP contribution in [0.3, 0.4) is 0 Å². The summed E-state index contributed by atoms with van der Waals surface area (Å²) in [6.07, 6.45) is 3.76. The summed E-state index contributed by atoms with van der Waals surface area (Å²) in [6.45, 7) is 0.948. The summed E-state index contributed by atoms with van der Waals surface area (Å²) in [5.74, 6) is -0.00522. The summed E-state index contributed by atoms with van der Waals surface area (Å²) in [5.41, 5.74) is 0.979. The Morgan fingerprint density at radius 1 is 1.32 bits per heavy atom. The molecule has 0 unspecified atom stereocenters. The maximum atomic E-state index is 12.9. The molecule has 0 spiro atoms. The summed E-state index contributed by atoms with van der Waals surface area (Å²) in [5, 5.41) is 11.7. The molecule has 2 heterocycles. The van der Waals surface area contributed by atoms with E-state index < -0.39 is 5.91 Å². The smallest absolute Gasteiger partial charge is 0.261 e. The normalized spacial score (nSPS) is 13.3. The van der Waals surface area contributed by atoms with Crippen LogP contribution in [0.5, 0.6) is 0 Å². The van der Waals surface area contributed by atoms with Gasteiger partial charge in [0.1, 0.15) is 12.2 Å². The van der Waals surface area contributed by atoms with Crippen molar-refractivity contribution in [2.45, 2.75) is 45.1 Å². The van der Waals surface area contributed by atoms with Gasteiger partial charge in [0.05, 0.1) is 23.4 Å². The van der Waals surface area contributed by atoms with E-state index >= 15 is 0 Å². The fourth-order valence-electron chi connectivity index (χ4n) is 3.32. The maximum Gasteiger partial charge on any atom is 0.261 e. The minimum absolute atomic E-state index is 0.0923. The van der Waals surface area contributed by atoms with Gasteiger partial charge < -0.3 is 10.2 Å². The number of hydrogen-bond donors (Lipinski definition) is 1. The molecule has 3 rings (SSSR count). The number of hydrogen-bond acceptors (Lipinski definition) is 5. The molecule has 1 aliphatic rings. The molecule has 0 saturated carbocycles. The van der Waals surface area contributed by atoms with Gasteiger partial charge >= 0.3 is 0 Å². The van der Waals surface area contributed by atoms with Crippen LogP contribution in [0.25, 0.3) is 10.9 Å². The molecule has 0 atom stereocenters. The second-order valence-electron chi connectivity index (χ2n) is 6.98. The number of nitrogens with zero attached hydrogens (tertiary/aromatic N) is 4. The number of fused-ring (bicyclic) bond motifs is 2. The highest BCUT2D eigenvalue weighted by Gasteiger charge is 2.16. The van der Waals surface area contributed by atoms with Crippen LogP contribution in [0, 0.1) is 11.3 Å². The van der Waals surface area contributed by atoms with Crippen molar-refractivity contribution >= 4 is 28.4 Å². The average molecular weight is 381 g/mol. The first-order valence-electron chi connectivity index (χ1n) is 9.44. The van der Waals surface area contributed by atoms with Gasteiger partial charge in [-0.1, -0.05) is 6.42 Å². The lowest BCUT2D eigenvalue weighted by molar-refractivity contribution is -0.133. The highest BCUT2D eigenvalue weighted by atomic mass is 16.2. The van der Waals surface area contributed by atoms with Crippen molar-refractivity contribution in [1.82, 2.24) is 14.5 Å². The predicted molar refractivity (Wildman–Crippen MR) is 105 cm³/mol. The first-order valence-corrected chi connectivity index (χ1v) is 9.44. The van der Waals surface area contributed by atoms with Crippen LogP contribution in [-0.2, 0) is 22.6 Å². The number of carbonyl (C=O) groups is 2. The molecule has 2 amide bonds. The van der Waals surface area contributed by atoms with Crippen LogP contribution in [0.1, 0.15) is 37.9 Å². The molecular weight excluding hydrogens is 358 g/mol. The number of aryl methyl sites for hydroxylation is 1. The standard InChI is InChI=1S/C20H23N5O3/c1-24(10-5-9-21)19(27)13-18(26)22-14-7-8-16-15(12-14)20(28)25-11-4-2-3-6-17(25)23-16/h7-8,12H,2-6,10-11,13H2,1H3,(H,22,26). The van der Waals surface area contributed by atoms with E-state index in [0.29, 0.717) is 23.1 Å². The number of aromatic nitrogens is 2. The monoisotopic (exact) mass is 381 g/mol. The number of benzene rings is 1. The van der Waals surface area contributed by atoms with Crippen LogP contribution in [0.2, 0.25) is 0 Å². The quantitative estimate of drug-likeness (QED) is 0.795. The number of nitriles is 1. The molecule has 0 bridgehead atoms. The Hall–Kier alpha value is -3.21. The van der Waals surface area contributed by atoms with Gasteiger partial charge in [-0.2, -0.15) is 5.26 Å². The molecule has 8 heteroatoms. The van der Waals surface area contributed by atoms with E-state index in [1.54, 1.807) is 29.8 Å². The van der Waals surface area contributed by atoms with Crippen LogP contribution in [0.15, 0.2) is 23.0 Å². The third-order valence-electron chi connectivity index (χ3n) is 4.90. The largest absolute Gasteiger partial charge is 0.344 e. The Balaban J connectivity index is 1.76.